The number of nitrogens with one attached hydrogen (secondary N) is 1. The lowest BCUT2D eigenvalue weighted by atomic mass is 10.2. The summed E-state index contributed by atoms with van der Waals surface area (Å²) in [6.45, 7) is 0. The number of sulfonamides is 1. The topological polar surface area (TPSA) is 89.3 Å². The molecule has 2 rings (SSSR count). The molecular weight excluding hydrogens is 319 g/mol. The van der Waals surface area contributed by atoms with E-state index in [1.54, 1.807) is 0 Å². The van der Waals surface area contributed by atoms with Crippen molar-refractivity contribution in [1.29, 1.82) is 0 Å². The van der Waals surface area contributed by atoms with Crippen LogP contribution in [0.2, 0.25) is 5.02 Å². The first-order valence-electron chi connectivity index (χ1n) is 5.66. The van der Waals surface area contributed by atoms with Crippen molar-refractivity contribution >= 4 is 33.2 Å². The molecule has 0 aliphatic rings. The molecule has 110 valence electrons. The second-order valence-electron chi connectivity index (χ2n) is 4.15. The van der Waals surface area contributed by atoms with Gasteiger partial charge in [0, 0.05) is 11.3 Å². The minimum Gasteiger partial charge on any atom is -0.322 e. The van der Waals surface area contributed by atoms with Crippen LogP contribution in [0.15, 0.2) is 47.4 Å². The van der Waals surface area contributed by atoms with E-state index in [1.807, 2.05) is 0 Å². The fourth-order valence-corrected chi connectivity index (χ4v) is 2.67. The van der Waals surface area contributed by atoms with Gasteiger partial charge in [0.25, 0.3) is 5.91 Å². The van der Waals surface area contributed by atoms with Crippen LogP contribution >= 0.6 is 11.6 Å². The summed E-state index contributed by atoms with van der Waals surface area (Å²) < 4.78 is 35.5. The average molecular weight is 329 g/mol. The summed E-state index contributed by atoms with van der Waals surface area (Å²) in [7, 11) is -4.03. The van der Waals surface area contributed by atoms with Gasteiger partial charge < -0.3 is 5.32 Å². The molecule has 0 saturated carbocycles. The molecule has 2 aromatic carbocycles. The predicted octanol–water partition coefficient (Wildman–Crippen LogP) is 2.38. The third-order valence-electron chi connectivity index (χ3n) is 2.60. The van der Waals surface area contributed by atoms with Crippen molar-refractivity contribution in [2.75, 3.05) is 5.32 Å². The van der Waals surface area contributed by atoms with Gasteiger partial charge in [-0.05, 0) is 42.5 Å². The van der Waals surface area contributed by atoms with Crippen LogP contribution in [0.4, 0.5) is 10.1 Å². The molecule has 0 heterocycles. The summed E-state index contributed by atoms with van der Waals surface area (Å²) in [4.78, 5) is 11.7. The molecule has 8 heteroatoms. The first-order chi connectivity index (χ1) is 9.77. The molecule has 0 fully saturated rings. The minimum absolute atomic E-state index is 0.0627. The van der Waals surface area contributed by atoms with Crippen LogP contribution in [0, 0.1) is 5.82 Å². The van der Waals surface area contributed by atoms with Gasteiger partial charge in [-0.3, -0.25) is 4.79 Å². The summed E-state index contributed by atoms with van der Waals surface area (Å²) in [6, 6.07) is 8.83. The Kier molecular flexibility index (Phi) is 4.26. The molecule has 21 heavy (non-hydrogen) atoms. The van der Waals surface area contributed by atoms with Crippen molar-refractivity contribution in [2.24, 2.45) is 5.14 Å². The highest BCUT2D eigenvalue weighted by molar-refractivity contribution is 7.89. The predicted molar refractivity (Wildman–Crippen MR) is 77.2 cm³/mol. The summed E-state index contributed by atoms with van der Waals surface area (Å²) in [5.74, 6) is -1.00. The maximum absolute atomic E-state index is 12.8. The highest BCUT2D eigenvalue weighted by Crippen LogP contribution is 2.22. The van der Waals surface area contributed by atoms with Gasteiger partial charge in [0.05, 0.1) is 5.02 Å². The summed E-state index contributed by atoms with van der Waals surface area (Å²) >= 11 is 5.73. The lowest BCUT2D eigenvalue weighted by Gasteiger charge is -2.07. The Morgan fingerprint density at radius 3 is 2.33 bits per heavy atom. The van der Waals surface area contributed by atoms with Crippen LogP contribution in [0.3, 0.4) is 0 Å². The zero-order chi connectivity index (χ0) is 15.6. The van der Waals surface area contributed by atoms with Gasteiger partial charge >= 0.3 is 0 Å². The van der Waals surface area contributed by atoms with Crippen LogP contribution in [-0.2, 0) is 10.0 Å². The molecule has 0 radical (unpaired) electrons. The van der Waals surface area contributed by atoms with Gasteiger partial charge in [0.1, 0.15) is 10.7 Å². The van der Waals surface area contributed by atoms with E-state index in [0.717, 1.165) is 6.07 Å². The Morgan fingerprint density at radius 2 is 1.76 bits per heavy atom. The number of hydrogen-bond acceptors (Lipinski definition) is 3. The van der Waals surface area contributed by atoms with Crippen LogP contribution in [0.5, 0.6) is 0 Å². The largest absolute Gasteiger partial charge is 0.322 e. The van der Waals surface area contributed by atoms with E-state index in [-0.39, 0.29) is 15.5 Å². The molecule has 2 aromatic rings. The molecule has 0 aromatic heterocycles. The van der Waals surface area contributed by atoms with Crippen molar-refractivity contribution in [2.45, 2.75) is 4.90 Å². The van der Waals surface area contributed by atoms with Gasteiger partial charge in [-0.15, -0.1) is 0 Å². The van der Waals surface area contributed by atoms with Gasteiger partial charge in [0.2, 0.25) is 10.0 Å². The number of primary sulfonamides is 1. The highest BCUT2D eigenvalue weighted by atomic mass is 35.5. The standard InChI is InChI=1S/C13H10ClFN2O3S/c14-11-6-1-8(7-12(11)21(16,19)20)13(18)17-10-4-2-9(15)3-5-10/h1-7H,(H,17,18)(H2,16,19,20). The number of nitrogens with two attached hydrogens (primary N) is 1. The first-order valence-corrected chi connectivity index (χ1v) is 7.59. The molecule has 0 bridgehead atoms. The highest BCUT2D eigenvalue weighted by Gasteiger charge is 2.16. The maximum atomic E-state index is 12.8. The fraction of sp³-hybridized carbons (Fsp3) is 0. The second kappa shape index (κ2) is 5.80. The Labute approximate surface area is 125 Å². The Morgan fingerprint density at radius 1 is 1.14 bits per heavy atom. The lowest BCUT2D eigenvalue weighted by Crippen LogP contribution is -2.16. The van der Waals surface area contributed by atoms with Crippen LogP contribution in [0.25, 0.3) is 0 Å². The smallest absolute Gasteiger partial charge is 0.255 e. The third-order valence-corrected chi connectivity index (χ3v) is 3.99. The monoisotopic (exact) mass is 328 g/mol. The van der Waals surface area contributed by atoms with Crippen LogP contribution in [0.1, 0.15) is 10.4 Å². The number of carbonyl (C=O) groups is 1. The molecule has 0 saturated heterocycles. The Bertz CT molecular complexity index is 792. The summed E-state index contributed by atoms with van der Waals surface area (Å²) in [5, 5.41) is 7.44. The van der Waals surface area contributed by atoms with E-state index < -0.39 is 21.7 Å². The number of amides is 1. The zero-order valence-electron chi connectivity index (χ0n) is 10.5. The molecular formula is C13H10ClFN2O3S. The molecule has 0 unspecified atom stereocenters. The van der Waals surface area contributed by atoms with E-state index in [0.29, 0.717) is 5.69 Å². The number of carbonyl (C=O) groups excluding carboxylic acids is 1. The number of halogens is 2. The number of benzene rings is 2. The van der Waals surface area contributed by atoms with E-state index in [1.165, 1.54) is 36.4 Å². The van der Waals surface area contributed by atoms with Crippen LogP contribution in [-0.4, -0.2) is 14.3 Å². The third kappa shape index (κ3) is 3.78. The van der Waals surface area contributed by atoms with Crippen molar-refractivity contribution in [3.8, 4) is 0 Å². The minimum atomic E-state index is -4.03. The SMILES string of the molecule is NS(=O)(=O)c1cc(C(=O)Nc2ccc(F)cc2)ccc1Cl. The molecule has 0 aliphatic heterocycles. The Hall–Kier alpha value is -1.96. The fourth-order valence-electron chi connectivity index (χ4n) is 1.60. The van der Waals surface area contributed by atoms with Gasteiger partial charge in [0.15, 0.2) is 0 Å². The summed E-state index contributed by atoms with van der Waals surface area (Å²) in [5.41, 5.74) is 0.432. The molecule has 0 spiro atoms. The van der Waals surface area contributed by atoms with Gasteiger partial charge in [-0.1, -0.05) is 11.6 Å². The van der Waals surface area contributed by atoms with Crippen molar-refractivity contribution in [3.05, 3.63) is 58.9 Å². The van der Waals surface area contributed by atoms with E-state index in [4.69, 9.17) is 16.7 Å². The van der Waals surface area contributed by atoms with Crippen molar-refractivity contribution < 1.29 is 17.6 Å². The van der Waals surface area contributed by atoms with E-state index >= 15 is 0 Å². The number of anilines is 1. The van der Waals surface area contributed by atoms with Crippen LogP contribution < -0.4 is 10.5 Å². The molecule has 5 nitrogen and oxygen atoms in total. The lowest BCUT2D eigenvalue weighted by molar-refractivity contribution is 0.102. The normalized spacial score (nSPS) is 11.2. The van der Waals surface area contributed by atoms with Gasteiger partial charge in [-0.25, -0.2) is 17.9 Å². The van der Waals surface area contributed by atoms with Crippen molar-refractivity contribution in [3.63, 3.8) is 0 Å². The number of rotatable bonds is 3. The number of hydrogen-bond donors (Lipinski definition) is 2. The zero-order valence-corrected chi connectivity index (χ0v) is 12.1. The molecule has 3 N–H and O–H groups in total. The van der Waals surface area contributed by atoms with Crippen molar-refractivity contribution in [1.82, 2.24) is 0 Å². The van der Waals surface area contributed by atoms with E-state index in [9.17, 15) is 17.6 Å². The maximum Gasteiger partial charge on any atom is 0.255 e. The molecule has 1 amide bonds. The van der Waals surface area contributed by atoms with E-state index in [2.05, 4.69) is 5.32 Å². The average Bonchev–Trinajstić information content (AvgIpc) is 2.40. The summed E-state index contributed by atoms with van der Waals surface area (Å²) in [6.07, 6.45) is 0. The van der Waals surface area contributed by atoms with Gasteiger partial charge in [-0.2, -0.15) is 0 Å². The first kappa shape index (κ1) is 15.4. The molecule has 0 aliphatic carbocycles. The second-order valence-corrected chi connectivity index (χ2v) is 6.09. The molecule has 0 atom stereocenters. The Balaban J connectivity index is 2.30. The quantitative estimate of drug-likeness (QED) is 0.906.